The van der Waals surface area contributed by atoms with Crippen molar-refractivity contribution in [2.75, 3.05) is 34.5 Å². The molecule has 5 heterocycles. The van der Waals surface area contributed by atoms with Crippen LogP contribution in [0.3, 0.4) is 0 Å². The molecule has 2 unspecified atom stereocenters. The van der Waals surface area contributed by atoms with Crippen LogP contribution in [0.25, 0.3) is 22.2 Å². The number of rotatable bonds is 2. The number of morpholine rings is 1. The Morgan fingerprint density at radius 1 is 0.938 bits per heavy atom. The number of aromatic nitrogens is 4. The van der Waals surface area contributed by atoms with Gasteiger partial charge in [-0.1, -0.05) is 12.1 Å². The smallest absolute Gasteiger partial charge is 0.222 e. The van der Waals surface area contributed by atoms with Crippen molar-refractivity contribution < 1.29 is 4.74 Å². The molecular formula is C23H22N8O. The number of nitrogens with one attached hydrogen (secondary N) is 3. The van der Waals surface area contributed by atoms with Crippen LogP contribution < -0.4 is 21.3 Å². The Bertz CT molecular complexity index is 1350. The zero-order chi connectivity index (χ0) is 21.2. The molecule has 160 valence electrons. The molecule has 7 rings (SSSR count). The van der Waals surface area contributed by atoms with Crippen molar-refractivity contribution in [1.82, 2.24) is 20.2 Å². The predicted molar refractivity (Wildman–Crippen MR) is 125 cm³/mol. The molecular weight excluding hydrogens is 404 g/mol. The van der Waals surface area contributed by atoms with Crippen LogP contribution in [0.15, 0.2) is 42.5 Å². The topological polar surface area (TPSA) is 117 Å². The van der Waals surface area contributed by atoms with Crippen LogP contribution in [0.2, 0.25) is 0 Å². The average molecular weight is 426 g/mol. The van der Waals surface area contributed by atoms with Gasteiger partial charge in [-0.15, -0.1) is 0 Å². The van der Waals surface area contributed by atoms with Crippen molar-refractivity contribution in [1.29, 1.82) is 0 Å². The van der Waals surface area contributed by atoms with Crippen molar-refractivity contribution in [3.05, 3.63) is 42.5 Å². The molecule has 0 radical (unpaired) electrons. The number of nitrogens with zero attached hydrogens (tertiary/aromatic N) is 4. The summed E-state index contributed by atoms with van der Waals surface area (Å²) in [4.78, 5) is 11.5. The second-order valence-corrected chi connectivity index (χ2v) is 8.61. The highest BCUT2D eigenvalue weighted by Crippen LogP contribution is 2.42. The summed E-state index contributed by atoms with van der Waals surface area (Å²) in [6, 6.07) is 15.0. The van der Waals surface area contributed by atoms with Gasteiger partial charge in [0.15, 0.2) is 5.82 Å². The lowest BCUT2D eigenvalue weighted by atomic mass is 10.1. The van der Waals surface area contributed by atoms with Crippen molar-refractivity contribution in [2.24, 2.45) is 0 Å². The van der Waals surface area contributed by atoms with E-state index in [0.717, 1.165) is 76.9 Å². The third kappa shape index (κ3) is 2.64. The SMILES string of the molecule is Nc1nc(-c2cc3c4c(n[nH]c4c2)Nc2ccccc2N3)cc(N2C3CCC2COC3)n1. The minimum absolute atomic E-state index is 0.277. The monoisotopic (exact) mass is 426 g/mol. The highest BCUT2D eigenvalue weighted by Gasteiger charge is 2.38. The molecule has 3 aliphatic rings. The molecule has 9 nitrogen and oxygen atoms in total. The molecule has 5 N–H and O–H groups in total. The summed E-state index contributed by atoms with van der Waals surface area (Å²) < 4.78 is 5.74. The maximum atomic E-state index is 6.18. The predicted octanol–water partition coefficient (Wildman–Crippen LogP) is 3.77. The summed E-state index contributed by atoms with van der Waals surface area (Å²) >= 11 is 0. The lowest BCUT2D eigenvalue weighted by Crippen LogP contribution is -2.46. The van der Waals surface area contributed by atoms with Gasteiger partial charge >= 0.3 is 0 Å². The number of hydrogen-bond donors (Lipinski definition) is 4. The molecule has 4 aromatic rings. The Morgan fingerprint density at radius 3 is 2.53 bits per heavy atom. The maximum Gasteiger partial charge on any atom is 0.222 e. The van der Waals surface area contributed by atoms with Gasteiger partial charge < -0.3 is 26.0 Å². The maximum absolute atomic E-state index is 6.18. The molecule has 0 spiro atoms. The minimum atomic E-state index is 0.277. The summed E-state index contributed by atoms with van der Waals surface area (Å²) in [7, 11) is 0. The molecule has 0 amide bonds. The number of hydrogen-bond acceptors (Lipinski definition) is 8. The van der Waals surface area contributed by atoms with Crippen LogP contribution in [0.5, 0.6) is 0 Å². The first-order valence-electron chi connectivity index (χ1n) is 10.9. The Morgan fingerprint density at radius 2 is 1.72 bits per heavy atom. The van der Waals surface area contributed by atoms with Gasteiger partial charge in [0.05, 0.1) is 59.0 Å². The molecule has 2 aromatic carbocycles. The third-order valence-corrected chi connectivity index (χ3v) is 6.64. The normalized spacial score (nSPS) is 21.1. The van der Waals surface area contributed by atoms with Crippen LogP contribution in [0, 0.1) is 0 Å². The molecule has 2 aromatic heterocycles. The first-order chi connectivity index (χ1) is 15.7. The van der Waals surface area contributed by atoms with Gasteiger partial charge in [-0.25, -0.2) is 4.98 Å². The number of ether oxygens (including phenoxy) is 1. The van der Waals surface area contributed by atoms with Gasteiger partial charge in [0, 0.05) is 11.6 Å². The van der Waals surface area contributed by atoms with Gasteiger partial charge in [0.25, 0.3) is 0 Å². The summed E-state index contributed by atoms with van der Waals surface area (Å²) in [6.07, 6.45) is 2.24. The molecule has 0 aliphatic carbocycles. The molecule has 2 fully saturated rings. The van der Waals surface area contributed by atoms with Crippen LogP contribution in [0.4, 0.5) is 34.6 Å². The van der Waals surface area contributed by atoms with E-state index in [0.29, 0.717) is 12.1 Å². The van der Waals surface area contributed by atoms with E-state index in [1.807, 2.05) is 30.3 Å². The first kappa shape index (κ1) is 17.8. The van der Waals surface area contributed by atoms with Gasteiger partial charge in [0.2, 0.25) is 5.95 Å². The van der Waals surface area contributed by atoms with E-state index in [4.69, 9.17) is 10.5 Å². The number of anilines is 6. The summed E-state index contributed by atoms with van der Waals surface area (Å²) in [6.45, 7) is 1.47. The van der Waals surface area contributed by atoms with E-state index in [1.54, 1.807) is 0 Å². The summed E-state index contributed by atoms with van der Waals surface area (Å²) in [5, 5.41) is 15.6. The van der Waals surface area contributed by atoms with E-state index in [-0.39, 0.29) is 5.95 Å². The molecule has 2 atom stereocenters. The number of para-hydroxylation sites is 2. The van der Waals surface area contributed by atoms with Gasteiger partial charge in [-0.2, -0.15) is 10.1 Å². The average Bonchev–Trinajstić information content (AvgIpc) is 3.25. The highest BCUT2D eigenvalue weighted by atomic mass is 16.5. The lowest BCUT2D eigenvalue weighted by Gasteiger charge is -2.35. The van der Waals surface area contributed by atoms with Crippen molar-refractivity contribution >= 4 is 45.5 Å². The standard InChI is InChI=1S/C23H22N8O/c24-23-27-17(9-20(28-23)31-13-5-6-14(31)11-32-10-13)12-7-18-21-19(8-12)29-30-22(21)26-16-4-2-1-3-15(16)25-18/h1-4,7-9,13-14,25H,5-6,10-11H2,(H2,24,27,28)(H2,26,29,30). The fourth-order valence-electron chi connectivity index (χ4n) is 5.20. The Labute approximate surface area is 184 Å². The summed E-state index contributed by atoms with van der Waals surface area (Å²) in [5.74, 6) is 1.95. The Hall–Kier alpha value is -3.85. The summed E-state index contributed by atoms with van der Waals surface area (Å²) in [5.41, 5.74) is 11.8. The minimum Gasteiger partial charge on any atom is -0.377 e. The molecule has 32 heavy (non-hydrogen) atoms. The van der Waals surface area contributed by atoms with Gasteiger partial charge in [0.1, 0.15) is 5.82 Å². The second kappa shape index (κ2) is 6.57. The fraction of sp³-hybridized carbons (Fsp3) is 0.261. The number of H-pyrrole nitrogens is 1. The van der Waals surface area contributed by atoms with Crippen molar-refractivity contribution in [3.8, 4) is 11.3 Å². The number of fused-ring (bicyclic) bond motifs is 3. The van der Waals surface area contributed by atoms with E-state index < -0.39 is 0 Å². The molecule has 3 aliphatic heterocycles. The van der Waals surface area contributed by atoms with Crippen LogP contribution in [0.1, 0.15) is 12.8 Å². The van der Waals surface area contributed by atoms with Gasteiger partial charge in [-0.05, 0) is 37.1 Å². The molecule has 0 saturated carbocycles. The number of nitrogen functional groups attached to an aromatic ring is 1. The number of benzene rings is 2. The van der Waals surface area contributed by atoms with Crippen molar-refractivity contribution in [3.63, 3.8) is 0 Å². The Kier molecular flexibility index (Phi) is 3.65. The zero-order valence-electron chi connectivity index (χ0n) is 17.3. The highest BCUT2D eigenvalue weighted by molar-refractivity contribution is 6.07. The van der Waals surface area contributed by atoms with E-state index >= 15 is 0 Å². The van der Waals surface area contributed by atoms with Crippen LogP contribution >= 0.6 is 0 Å². The first-order valence-corrected chi connectivity index (χ1v) is 10.9. The molecule has 2 bridgehead atoms. The second-order valence-electron chi connectivity index (χ2n) is 8.61. The molecule has 9 heteroatoms. The Balaban J connectivity index is 1.36. The molecule has 2 saturated heterocycles. The number of nitrogens with two attached hydrogens (primary N) is 1. The van der Waals surface area contributed by atoms with E-state index in [1.165, 1.54) is 0 Å². The quantitative estimate of drug-likeness (QED) is 0.337. The third-order valence-electron chi connectivity index (χ3n) is 6.64. The van der Waals surface area contributed by atoms with E-state index in [2.05, 4.69) is 47.8 Å². The largest absolute Gasteiger partial charge is 0.377 e. The number of aromatic amines is 1. The fourth-order valence-corrected chi connectivity index (χ4v) is 5.20. The lowest BCUT2D eigenvalue weighted by molar-refractivity contribution is 0.0902. The van der Waals surface area contributed by atoms with Crippen molar-refractivity contribution in [2.45, 2.75) is 24.9 Å². The van der Waals surface area contributed by atoms with Gasteiger partial charge in [-0.3, -0.25) is 5.10 Å². The van der Waals surface area contributed by atoms with E-state index in [9.17, 15) is 0 Å². The zero-order valence-corrected chi connectivity index (χ0v) is 17.3. The van der Waals surface area contributed by atoms with Crippen LogP contribution in [-0.2, 0) is 4.74 Å². The van der Waals surface area contributed by atoms with Crippen LogP contribution in [-0.4, -0.2) is 45.5 Å².